The Bertz CT molecular complexity index is 842. The lowest BCUT2D eigenvalue weighted by Gasteiger charge is -2.31. The molecule has 0 saturated carbocycles. The second-order valence-corrected chi connectivity index (χ2v) is 8.32. The van der Waals surface area contributed by atoms with Crippen LogP contribution in [0.5, 0.6) is 0 Å². The fraction of sp³-hybridized carbons (Fsp3) is 0.417. The zero-order chi connectivity index (χ0) is 22.1. The average molecular weight is 449 g/mol. The maximum Gasteiger partial charge on any atom is 0.243 e. The molecule has 2 amide bonds. The zero-order valence-corrected chi connectivity index (χ0v) is 19.3. The molecule has 0 saturated heterocycles. The molecular weight excluding hydrogens is 419 g/mol. The first-order valence-electron chi connectivity index (χ1n) is 10.4. The van der Waals surface area contributed by atoms with Crippen molar-refractivity contribution < 1.29 is 9.59 Å². The quantitative estimate of drug-likeness (QED) is 0.535. The first kappa shape index (κ1) is 24.2. The molecule has 1 N–H and O–H groups in total. The summed E-state index contributed by atoms with van der Waals surface area (Å²) in [6.45, 7) is 6.38. The Morgan fingerprint density at radius 3 is 2.33 bits per heavy atom. The van der Waals surface area contributed by atoms with Gasteiger partial charge in [-0.15, -0.1) is 0 Å². The molecule has 4 nitrogen and oxygen atoms in total. The third kappa shape index (κ3) is 7.03. The molecule has 30 heavy (non-hydrogen) atoms. The number of amides is 2. The molecule has 0 spiro atoms. The van der Waals surface area contributed by atoms with Crippen LogP contribution in [0.4, 0.5) is 0 Å². The van der Waals surface area contributed by atoms with E-state index in [1.165, 1.54) is 0 Å². The van der Waals surface area contributed by atoms with Crippen LogP contribution in [0.15, 0.2) is 48.5 Å². The van der Waals surface area contributed by atoms with E-state index in [2.05, 4.69) is 5.32 Å². The van der Waals surface area contributed by atoms with E-state index in [-0.39, 0.29) is 24.3 Å². The van der Waals surface area contributed by atoms with E-state index in [1.54, 1.807) is 23.1 Å². The summed E-state index contributed by atoms with van der Waals surface area (Å²) in [5.74, 6) is -0.239. The Hall–Kier alpha value is -2.04. The normalized spacial score (nSPS) is 12.8. The lowest BCUT2D eigenvalue weighted by Crippen LogP contribution is -2.52. The second kappa shape index (κ2) is 12.0. The lowest BCUT2D eigenvalue weighted by molar-refractivity contribution is -0.140. The minimum absolute atomic E-state index is 0.0586. The van der Waals surface area contributed by atoms with Crippen molar-refractivity contribution in [2.24, 2.45) is 0 Å². The maximum absolute atomic E-state index is 13.3. The zero-order valence-electron chi connectivity index (χ0n) is 17.8. The van der Waals surface area contributed by atoms with Crippen molar-refractivity contribution in [3.8, 4) is 0 Å². The monoisotopic (exact) mass is 448 g/mol. The van der Waals surface area contributed by atoms with Crippen LogP contribution in [0.3, 0.4) is 0 Å². The fourth-order valence-electron chi connectivity index (χ4n) is 3.27. The molecule has 2 unspecified atom stereocenters. The van der Waals surface area contributed by atoms with Gasteiger partial charge >= 0.3 is 0 Å². The van der Waals surface area contributed by atoms with Crippen LogP contribution < -0.4 is 5.32 Å². The van der Waals surface area contributed by atoms with Crippen LogP contribution in [-0.2, 0) is 22.4 Å². The third-order valence-corrected chi connectivity index (χ3v) is 5.81. The number of nitrogens with one attached hydrogen (secondary N) is 1. The molecule has 0 fully saturated rings. The van der Waals surface area contributed by atoms with E-state index >= 15 is 0 Å². The number of benzene rings is 2. The molecule has 6 heteroatoms. The van der Waals surface area contributed by atoms with E-state index in [0.29, 0.717) is 35.0 Å². The minimum atomic E-state index is -0.527. The highest BCUT2D eigenvalue weighted by Gasteiger charge is 2.29. The molecule has 162 valence electrons. The van der Waals surface area contributed by atoms with Gasteiger partial charge in [0.2, 0.25) is 11.8 Å². The van der Waals surface area contributed by atoms with Crippen LogP contribution >= 0.6 is 23.2 Å². The van der Waals surface area contributed by atoms with Gasteiger partial charge in [0.25, 0.3) is 0 Å². The largest absolute Gasteiger partial charge is 0.352 e. The van der Waals surface area contributed by atoms with Crippen molar-refractivity contribution in [1.29, 1.82) is 0 Å². The van der Waals surface area contributed by atoms with Gasteiger partial charge in [0, 0.05) is 22.6 Å². The Kier molecular flexibility index (Phi) is 9.67. The van der Waals surface area contributed by atoms with Crippen molar-refractivity contribution in [1.82, 2.24) is 10.2 Å². The van der Waals surface area contributed by atoms with Crippen LogP contribution in [0.1, 0.15) is 44.7 Å². The second-order valence-electron chi connectivity index (χ2n) is 7.48. The highest BCUT2D eigenvalue weighted by molar-refractivity contribution is 6.35. The molecule has 2 rings (SSSR count). The van der Waals surface area contributed by atoms with Gasteiger partial charge in [-0.05, 0) is 49.4 Å². The SMILES string of the molecule is CCC(C)NC(=O)C(CC)N(CCc1ccccc1)C(=O)Cc1ccc(Cl)cc1Cl. The summed E-state index contributed by atoms with van der Waals surface area (Å²) in [7, 11) is 0. The minimum Gasteiger partial charge on any atom is -0.352 e. The lowest BCUT2D eigenvalue weighted by atomic mass is 10.1. The van der Waals surface area contributed by atoms with Crippen LogP contribution in [0.2, 0.25) is 10.0 Å². The number of hydrogen-bond donors (Lipinski definition) is 1. The average Bonchev–Trinajstić information content (AvgIpc) is 2.73. The van der Waals surface area contributed by atoms with E-state index < -0.39 is 6.04 Å². The molecule has 0 aliphatic carbocycles. The highest BCUT2D eigenvalue weighted by atomic mass is 35.5. The predicted octanol–water partition coefficient (Wildman–Crippen LogP) is 5.30. The molecular formula is C24H30Cl2N2O2. The van der Waals surface area contributed by atoms with Crippen molar-refractivity contribution in [3.63, 3.8) is 0 Å². The molecule has 0 aliphatic rings. The van der Waals surface area contributed by atoms with Crippen LogP contribution in [0, 0.1) is 0 Å². The topological polar surface area (TPSA) is 49.4 Å². The maximum atomic E-state index is 13.3. The van der Waals surface area contributed by atoms with Gasteiger partial charge in [-0.3, -0.25) is 9.59 Å². The molecule has 0 aromatic heterocycles. The van der Waals surface area contributed by atoms with E-state index in [0.717, 1.165) is 12.0 Å². The first-order chi connectivity index (χ1) is 14.3. The first-order valence-corrected chi connectivity index (χ1v) is 11.2. The summed E-state index contributed by atoms with van der Waals surface area (Å²) in [5.41, 5.74) is 1.82. The summed E-state index contributed by atoms with van der Waals surface area (Å²) < 4.78 is 0. The van der Waals surface area contributed by atoms with E-state index in [1.807, 2.05) is 51.1 Å². The van der Waals surface area contributed by atoms with E-state index in [9.17, 15) is 9.59 Å². The Labute approximate surface area is 189 Å². The predicted molar refractivity (Wildman–Crippen MR) is 124 cm³/mol. The molecule has 0 heterocycles. The van der Waals surface area contributed by atoms with Gasteiger partial charge in [-0.25, -0.2) is 0 Å². The number of rotatable bonds is 10. The fourth-order valence-corrected chi connectivity index (χ4v) is 3.74. The van der Waals surface area contributed by atoms with Gasteiger partial charge in [0.05, 0.1) is 6.42 Å². The molecule has 0 bridgehead atoms. The van der Waals surface area contributed by atoms with E-state index in [4.69, 9.17) is 23.2 Å². The number of nitrogens with zero attached hydrogens (tertiary/aromatic N) is 1. The summed E-state index contributed by atoms with van der Waals surface area (Å²) in [6, 6.07) is 14.6. The standard InChI is InChI=1S/C24H30Cl2N2O2/c1-4-17(3)27-24(30)22(5-2)28(14-13-18-9-7-6-8-10-18)23(29)15-19-11-12-20(25)16-21(19)26/h6-12,16-17,22H,4-5,13-15H2,1-3H3,(H,27,30). The van der Waals surface area contributed by atoms with Crippen molar-refractivity contribution in [2.45, 2.75) is 58.5 Å². The molecule has 0 radical (unpaired) electrons. The number of carbonyl (C=O) groups excluding carboxylic acids is 2. The molecule has 0 aliphatic heterocycles. The van der Waals surface area contributed by atoms with Crippen LogP contribution in [0.25, 0.3) is 0 Å². The summed E-state index contributed by atoms with van der Waals surface area (Å²) >= 11 is 12.3. The summed E-state index contributed by atoms with van der Waals surface area (Å²) in [5, 5.41) is 4.00. The van der Waals surface area contributed by atoms with Crippen molar-refractivity contribution >= 4 is 35.0 Å². The highest BCUT2D eigenvalue weighted by Crippen LogP contribution is 2.22. The number of hydrogen-bond acceptors (Lipinski definition) is 2. The number of halogens is 2. The van der Waals surface area contributed by atoms with Gasteiger partial charge in [0.1, 0.15) is 6.04 Å². The summed E-state index contributed by atoms with van der Waals surface area (Å²) in [6.07, 6.45) is 2.17. The van der Waals surface area contributed by atoms with Gasteiger partial charge in [0.15, 0.2) is 0 Å². The van der Waals surface area contributed by atoms with Gasteiger partial charge < -0.3 is 10.2 Å². The van der Waals surface area contributed by atoms with Crippen LogP contribution in [-0.4, -0.2) is 35.3 Å². The number of carbonyl (C=O) groups is 2. The molecule has 2 aromatic carbocycles. The summed E-state index contributed by atoms with van der Waals surface area (Å²) in [4.78, 5) is 27.9. The Morgan fingerprint density at radius 2 is 1.73 bits per heavy atom. The van der Waals surface area contributed by atoms with Crippen molar-refractivity contribution in [2.75, 3.05) is 6.54 Å². The Morgan fingerprint density at radius 1 is 1.03 bits per heavy atom. The molecule has 2 atom stereocenters. The smallest absolute Gasteiger partial charge is 0.243 e. The van der Waals surface area contributed by atoms with Crippen molar-refractivity contribution in [3.05, 3.63) is 69.7 Å². The van der Waals surface area contributed by atoms with Gasteiger partial charge in [-0.1, -0.05) is 73.4 Å². The van der Waals surface area contributed by atoms with Gasteiger partial charge in [-0.2, -0.15) is 0 Å². The Balaban J connectivity index is 2.23. The molecule has 2 aromatic rings. The third-order valence-electron chi connectivity index (χ3n) is 5.23.